The molecule has 2 aromatic rings. The lowest BCUT2D eigenvalue weighted by Crippen LogP contribution is -2.29. The zero-order valence-corrected chi connectivity index (χ0v) is 15.6. The Labute approximate surface area is 148 Å². The van der Waals surface area contributed by atoms with Crippen molar-refractivity contribution >= 4 is 21.6 Å². The standard InChI is InChI=1S/C18H22ClNO3S/c1-4-17(14-9-10-18(23-3)13(2)11-14)20-24(21,22)12-15-7-5-6-8-16(15)19/h5-11,17,20H,4,12H2,1-3H3. The highest BCUT2D eigenvalue weighted by molar-refractivity contribution is 7.88. The lowest BCUT2D eigenvalue weighted by Gasteiger charge is -2.19. The largest absolute Gasteiger partial charge is 0.496 e. The molecule has 6 heteroatoms. The summed E-state index contributed by atoms with van der Waals surface area (Å²) in [6.07, 6.45) is 0.646. The summed E-state index contributed by atoms with van der Waals surface area (Å²) in [6, 6.07) is 12.4. The first-order chi connectivity index (χ1) is 11.4. The van der Waals surface area contributed by atoms with Gasteiger partial charge in [-0.15, -0.1) is 0 Å². The second-order valence-corrected chi connectivity index (χ2v) is 7.82. The maximum absolute atomic E-state index is 12.5. The predicted molar refractivity (Wildman–Crippen MR) is 98.0 cm³/mol. The molecular weight excluding hydrogens is 346 g/mol. The SMILES string of the molecule is CCC(NS(=O)(=O)Cc1ccccc1Cl)c1ccc(OC)c(C)c1. The van der Waals surface area contributed by atoms with Crippen molar-refractivity contribution in [3.63, 3.8) is 0 Å². The average molecular weight is 368 g/mol. The number of halogens is 1. The third kappa shape index (κ3) is 4.72. The van der Waals surface area contributed by atoms with Gasteiger partial charge in [-0.25, -0.2) is 13.1 Å². The highest BCUT2D eigenvalue weighted by Crippen LogP contribution is 2.25. The lowest BCUT2D eigenvalue weighted by atomic mass is 10.0. The number of hydrogen-bond donors (Lipinski definition) is 1. The van der Waals surface area contributed by atoms with Crippen LogP contribution in [0.2, 0.25) is 5.02 Å². The van der Waals surface area contributed by atoms with E-state index in [0.29, 0.717) is 17.0 Å². The zero-order chi connectivity index (χ0) is 17.7. The van der Waals surface area contributed by atoms with Crippen molar-refractivity contribution < 1.29 is 13.2 Å². The highest BCUT2D eigenvalue weighted by atomic mass is 35.5. The van der Waals surface area contributed by atoms with Crippen LogP contribution in [0.3, 0.4) is 0 Å². The Balaban J connectivity index is 2.20. The van der Waals surface area contributed by atoms with Crippen molar-refractivity contribution in [1.29, 1.82) is 0 Å². The minimum absolute atomic E-state index is 0.141. The maximum Gasteiger partial charge on any atom is 0.216 e. The molecule has 2 aromatic carbocycles. The molecule has 0 aliphatic heterocycles. The highest BCUT2D eigenvalue weighted by Gasteiger charge is 2.20. The number of sulfonamides is 1. The van der Waals surface area contributed by atoms with Gasteiger partial charge in [0.1, 0.15) is 5.75 Å². The van der Waals surface area contributed by atoms with E-state index >= 15 is 0 Å². The van der Waals surface area contributed by atoms with Crippen LogP contribution in [-0.2, 0) is 15.8 Å². The number of ether oxygens (including phenoxy) is 1. The van der Waals surface area contributed by atoms with Gasteiger partial charge in [0.2, 0.25) is 10.0 Å². The topological polar surface area (TPSA) is 55.4 Å². The maximum atomic E-state index is 12.5. The van der Waals surface area contributed by atoms with Crippen LogP contribution < -0.4 is 9.46 Å². The van der Waals surface area contributed by atoms with Gasteiger partial charge in [0.25, 0.3) is 0 Å². The third-order valence-electron chi connectivity index (χ3n) is 3.85. The van der Waals surface area contributed by atoms with E-state index in [9.17, 15) is 8.42 Å². The van der Waals surface area contributed by atoms with E-state index in [0.717, 1.165) is 16.9 Å². The van der Waals surface area contributed by atoms with Gasteiger partial charge < -0.3 is 4.74 Å². The average Bonchev–Trinajstić information content (AvgIpc) is 2.54. The normalized spacial score (nSPS) is 12.8. The van der Waals surface area contributed by atoms with E-state index in [1.807, 2.05) is 32.0 Å². The van der Waals surface area contributed by atoms with Gasteiger partial charge in [0.05, 0.1) is 12.9 Å². The van der Waals surface area contributed by atoms with E-state index in [4.69, 9.17) is 16.3 Å². The molecule has 130 valence electrons. The number of aryl methyl sites for hydroxylation is 1. The molecule has 0 amide bonds. The second kappa shape index (κ2) is 8.01. The van der Waals surface area contributed by atoms with Gasteiger partial charge in [-0.2, -0.15) is 0 Å². The first-order valence-corrected chi connectivity index (χ1v) is 9.77. The van der Waals surface area contributed by atoms with Crippen molar-refractivity contribution in [2.45, 2.75) is 32.1 Å². The summed E-state index contributed by atoms with van der Waals surface area (Å²) in [5.74, 6) is 0.644. The van der Waals surface area contributed by atoms with Crippen LogP contribution >= 0.6 is 11.6 Å². The summed E-state index contributed by atoms with van der Waals surface area (Å²) < 4.78 is 33.0. The van der Waals surface area contributed by atoms with E-state index < -0.39 is 10.0 Å². The third-order valence-corrected chi connectivity index (χ3v) is 5.56. The fraction of sp³-hybridized carbons (Fsp3) is 0.333. The van der Waals surface area contributed by atoms with Crippen LogP contribution in [-0.4, -0.2) is 15.5 Å². The second-order valence-electron chi connectivity index (χ2n) is 5.66. The van der Waals surface area contributed by atoms with Gasteiger partial charge in [0.15, 0.2) is 0 Å². The minimum Gasteiger partial charge on any atom is -0.496 e. The van der Waals surface area contributed by atoms with Crippen LogP contribution in [0.25, 0.3) is 0 Å². The molecule has 0 aromatic heterocycles. The molecule has 0 radical (unpaired) electrons. The Bertz CT molecular complexity index is 806. The first-order valence-electron chi connectivity index (χ1n) is 7.74. The molecule has 24 heavy (non-hydrogen) atoms. The van der Waals surface area contributed by atoms with Crippen molar-refractivity contribution in [2.24, 2.45) is 0 Å². The molecule has 0 bridgehead atoms. The molecule has 0 spiro atoms. The van der Waals surface area contributed by atoms with Crippen molar-refractivity contribution in [3.8, 4) is 5.75 Å². The van der Waals surface area contributed by atoms with Crippen LogP contribution in [0, 0.1) is 6.92 Å². The molecule has 0 aliphatic carbocycles. The molecule has 4 nitrogen and oxygen atoms in total. The molecule has 0 heterocycles. The Morgan fingerprint density at radius 2 is 1.92 bits per heavy atom. The van der Waals surface area contributed by atoms with Crippen LogP contribution in [0.5, 0.6) is 5.75 Å². The predicted octanol–water partition coefficient (Wildman–Crippen LogP) is 4.23. The van der Waals surface area contributed by atoms with Crippen molar-refractivity contribution in [1.82, 2.24) is 4.72 Å². The fourth-order valence-electron chi connectivity index (χ4n) is 2.58. The Kier molecular flexibility index (Phi) is 6.27. The number of hydrogen-bond acceptors (Lipinski definition) is 3. The van der Waals surface area contributed by atoms with Gasteiger partial charge in [-0.1, -0.05) is 48.9 Å². The van der Waals surface area contributed by atoms with Crippen LogP contribution in [0.1, 0.15) is 36.1 Å². The van der Waals surface area contributed by atoms with Gasteiger partial charge in [-0.3, -0.25) is 0 Å². The fourth-order valence-corrected chi connectivity index (χ4v) is 4.35. The van der Waals surface area contributed by atoms with Gasteiger partial charge >= 0.3 is 0 Å². The Morgan fingerprint density at radius 1 is 1.21 bits per heavy atom. The van der Waals surface area contributed by atoms with Crippen LogP contribution in [0.4, 0.5) is 0 Å². The smallest absolute Gasteiger partial charge is 0.216 e. The van der Waals surface area contributed by atoms with E-state index in [1.54, 1.807) is 31.4 Å². The molecule has 2 rings (SSSR count). The molecule has 1 unspecified atom stereocenters. The summed E-state index contributed by atoms with van der Waals surface area (Å²) in [4.78, 5) is 0. The number of nitrogens with one attached hydrogen (secondary N) is 1. The summed E-state index contributed by atoms with van der Waals surface area (Å²) in [5, 5.41) is 0.455. The first kappa shape index (κ1) is 18.8. The number of benzene rings is 2. The molecule has 1 N–H and O–H groups in total. The van der Waals surface area contributed by atoms with E-state index in [1.165, 1.54) is 0 Å². The molecule has 0 aliphatic rings. The van der Waals surface area contributed by atoms with Gasteiger partial charge in [-0.05, 0) is 42.2 Å². The summed E-state index contributed by atoms with van der Waals surface area (Å²) in [6.45, 7) is 3.88. The van der Waals surface area contributed by atoms with Gasteiger partial charge in [0, 0.05) is 11.1 Å². The monoisotopic (exact) mass is 367 g/mol. The number of rotatable bonds is 7. The van der Waals surface area contributed by atoms with E-state index in [-0.39, 0.29) is 11.8 Å². The summed E-state index contributed by atoms with van der Waals surface area (Å²) >= 11 is 6.07. The molecule has 0 saturated heterocycles. The quantitative estimate of drug-likeness (QED) is 0.796. The van der Waals surface area contributed by atoms with Crippen LogP contribution in [0.15, 0.2) is 42.5 Å². The Hall–Kier alpha value is -1.56. The van der Waals surface area contributed by atoms with Crippen molar-refractivity contribution in [3.05, 3.63) is 64.2 Å². The summed E-state index contributed by atoms with van der Waals surface area (Å²) in [7, 11) is -1.89. The number of methoxy groups -OCH3 is 1. The Morgan fingerprint density at radius 3 is 2.50 bits per heavy atom. The lowest BCUT2D eigenvalue weighted by molar-refractivity contribution is 0.411. The van der Waals surface area contributed by atoms with Crippen molar-refractivity contribution in [2.75, 3.05) is 7.11 Å². The molecule has 0 saturated carbocycles. The van der Waals surface area contributed by atoms with E-state index in [2.05, 4.69) is 4.72 Å². The summed E-state index contributed by atoms with van der Waals surface area (Å²) in [5.41, 5.74) is 2.48. The minimum atomic E-state index is -3.51. The molecule has 1 atom stereocenters. The molecular formula is C18H22ClNO3S. The molecule has 0 fully saturated rings. The zero-order valence-electron chi connectivity index (χ0n) is 14.0.